The van der Waals surface area contributed by atoms with Crippen LogP contribution in [0.5, 0.6) is 5.75 Å². The second-order valence-corrected chi connectivity index (χ2v) is 8.32. The van der Waals surface area contributed by atoms with E-state index in [0.717, 1.165) is 31.4 Å². The van der Waals surface area contributed by atoms with Crippen molar-refractivity contribution >= 4 is 0 Å². The summed E-state index contributed by atoms with van der Waals surface area (Å²) in [6.45, 7) is 8.09. The van der Waals surface area contributed by atoms with Crippen LogP contribution in [0.15, 0.2) is 18.2 Å². The number of likely N-dealkylation sites (tertiary alicyclic amines) is 1. The minimum absolute atomic E-state index is 0.826. The van der Waals surface area contributed by atoms with E-state index in [1.807, 2.05) is 0 Å². The van der Waals surface area contributed by atoms with Crippen LogP contribution in [0.3, 0.4) is 0 Å². The Hall–Kier alpha value is -1.06. The highest BCUT2D eigenvalue weighted by atomic mass is 16.5. The van der Waals surface area contributed by atoms with E-state index in [9.17, 15) is 0 Å². The zero-order chi connectivity index (χ0) is 16.9. The standard InChI is InChI=1S/C22H34N2O/c1-4-11-23(12-5-1)14-15-25-22-9-8-21-18-24(13-10-20(21)16-22)17-19-6-2-3-7-19/h8-9,16,19H,1-7,10-15,17-18H2. The summed E-state index contributed by atoms with van der Waals surface area (Å²) in [6.07, 6.45) is 11.1. The van der Waals surface area contributed by atoms with E-state index in [0.29, 0.717) is 0 Å². The van der Waals surface area contributed by atoms with Gasteiger partial charge in [0.05, 0.1) is 0 Å². The van der Waals surface area contributed by atoms with E-state index in [2.05, 4.69) is 28.0 Å². The molecule has 4 rings (SSSR count). The van der Waals surface area contributed by atoms with Crippen LogP contribution in [0.25, 0.3) is 0 Å². The number of hydrogen-bond acceptors (Lipinski definition) is 3. The van der Waals surface area contributed by atoms with Crippen molar-refractivity contribution in [2.75, 3.05) is 39.3 Å². The summed E-state index contributed by atoms with van der Waals surface area (Å²) in [7, 11) is 0. The molecule has 3 nitrogen and oxygen atoms in total. The van der Waals surface area contributed by atoms with Crippen LogP contribution in [0.2, 0.25) is 0 Å². The van der Waals surface area contributed by atoms with Gasteiger partial charge in [-0.25, -0.2) is 0 Å². The second-order valence-electron chi connectivity index (χ2n) is 8.32. The minimum Gasteiger partial charge on any atom is -0.492 e. The molecule has 3 aliphatic rings. The molecule has 25 heavy (non-hydrogen) atoms. The van der Waals surface area contributed by atoms with E-state index >= 15 is 0 Å². The average molecular weight is 343 g/mol. The zero-order valence-electron chi connectivity index (χ0n) is 15.7. The van der Waals surface area contributed by atoms with Crippen LogP contribution in [0.4, 0.5) is 0 Å². The van der Waals surface area contributed by atoms with Crippen molar-refractivity contribution in [2.45, 2.75) is 57.9 Å². The van der Waals surface area contributed by atoms with Crippen molar-refractivity contribution in [3.8, 4) is 5.75 Å². The summed E-state index contributed by atoms with van der Waals surface area (Å²) in [4.78, 5) is 5.22. The number of nitrogens with zero attached hydrogens (tertiary/aromatic N) is 2. The van der Waals surface area contributed by atoms with Gasteiger partial charge in [-0.05, 0) is 74.4 Å². The molecule has 1 aliphatic carbocycles. The Bertz CT molecular complexity index is 547. The second kappa shape index (κ2) is 8.55. The van der Waals surface area contributed by atoms with E-state index in [-0.39, 0.29) is 0 Å². The Morgan fingerprint density at radius 3 is 2.56 bits per heavy atom. The lowest BCUT2D eigenvalue weighted by Gasteiger charge is -2.31. The number of rotatable bonds is 6. The molecule has 0 atom stereocenters. The lowest BCUT2D eigenvalue weighted by atomic mass is 9.98. The topological polar surface area (TPSA) is 15.7 Å². The smallest absolute Gasteiger partial charge is 0.119 e. The molecule has 1 saturated carbocycles. The van der Waals surface area contributed by atoms with Crippen molar-refractivity contribution in [3.63, 3.8) is 0 Å². The third-order valence-electron chi connectivity index (χ3n) is 6.39. The molecular formula is C22H34N2O. The van der Waals surface area contributed by atoms with Gasteiger partial charge < -0.3 is 4.74 Å². The van der Waals surface area contributed by atoms with Gasteiger partial charge in [0.1, 0.15) is 12.4 Å². The van der Waals surface area contributed by atoms with Crippen molar-refractivity contribution in [1.29, 1.82) is 0 Å². The first-order valence-electron chi connectivity index (χ1n) is 10.6. The molecule has 1 saturated heterocycles. The summed E-state index contributed by atoms with van der Waals surface area (Å²) in [5.74, 6) is 2.03. The predicted molar refractivity (Wildman–Crippen MR) is 103 cm³/mol. The minimum atomic E-state index is 0.826. The molecule has 1 aromatic carbocycles. The summed E-state index contributed by atoms with van der Waals surface area (Å²) < 4.78 is 6.05. The van der Waals surface area contributed by atoms with Gasteiger partial charge in [-0.1, -0.05) is 25.3 Å². The molecule has 0 radical (unpaired) electrons. The summed E-state index contributed by atoms with van der Waals surface area (Å²) in [5.41, 5.74) is 3.03. The van der Waals surface area contributed by atoms with Gasteiger partial charge in [0, 0.05) is 26.2 Å². The lowest BCUT2D eigenvalue weighted by molar-refractivity contribution is 0.183. The number of hydrogen-bond donors (Lipinski definition) is 0. The van der Waals surface area contributed by atoms with Crippen molar-refractivity contribution < 1.29 is 4.74 Å². The van der Waals surface area contributed by atoms with Crippen molar-refractivity contribution in [1.82, 2.24) is 9.80 Å². The third-order valence-corrected chi connectivity index (χ3v) is 6.39. The van der Waals surface area contributed by atoms with Gasteiger partial charge in [0.25, 0.3) is 0 Å². The molecule has 1 aromatic rings. The maximum atomic E-state index is 6.05. The van der Waals surface area contributed by atoms with Gasteiger partial charge >= 0.3 is 0 Å². The van der Waals surface area contributed by atoms with Crippen LogP contribution in [-0.4, -0.2) is 49.1 Å². The van der Waals surface area contributed by atoms with Crippen LogP contribution >= 0.6 is 0 Å². The van der Waals surface area contributed by atoms with E-state index in [1.165, 1.54) is 88.7 Å². The molecule has 2 aliphatic heterocycles. The molecule has 0 spiro atoms. The highest BCUT2D eigenvalue weighted by Crippen LogP contribution is 2.29. The van der Waals surface area contributed by atoms with Gasteiger partial charge in [0.2, 0.25) is 0 Å². The summed E-state index contributed by atoms with van der Waals surface area (Å²) in [6, 6.07) is 6.80. The Morgan fingerprint density at radius 2 is 1.72 bits per heavy atom. The molecule has 0 unspecified atom stereocenters. The predicted octanol–water partition coefficient (Wildman–Crippen LogP) is 4.10. The van der Waals surface area contributed by atoms with Gasteiger partial charge in [-0.15, -0.1) is 0 Å². The molecule has 3 heteroatoms. The highest BCUT2D eigenvalue weighted by molar-refractivity contribution is 5.37. The van der Waals surface area contributed by atoms with Gasteiger partial charge in [-0.2, -0.15) is 0 Å². The van der Waals surface area contributed by atoms with Crippen LogP contribution in [-0.2, 0) is 13.0 Å². The number of ether oxygens (including phenoxy) is 1. The third kappa shape index (κ3) is 4.77. The normalized spacial score (nSPS) is 22.9. The number of fused-ring (bicyclic) bond motifs is 1. The van der Waals surface area contributed by atoms with Crippen molar-refractivity contribution in [2.24, 2.45) is 5.92 Å². The Morgan fingerprint density at radius 1 is 0.880 bits per heavy atom. The van der Waals surface area contributed by atoms with E-state index < -0.39 is 0 Å². The fourth-order valence-electron chi connectivity index (χ4n) is 4.87. The Kier molecular flexibility index (Phi) is 5.94. The zero-order valence-corrected chi connectivity index (χ0v) is 15.7. The number of piperidine rings is 1. The first-order valence-corrected chi connectivity index (χ1v) is 10.6. The largest absolute Gasteiger partial charge is 0.492 e. The van der Waals surface area contributed by atoms with E-state index in [1.54, 1.807) is 0 Å². The highest BCUT2D eigenvalue weighted by Gasteiger charge is 2.22. The van der Waals surface area contributed by atoms with E-state index in [4.69, 9.17) is 4.74 Å². The number of benzene rings is 1. The van der Waals surface area contributed by atoms with Gasteiger partial charge in [-0.3, -0.25) is 9.80 Å². The first-order chi connectivity index (χ1) is 12.4. The monoisotopic (exact) mass is 342 g/mol. The molecule has 2 fully saturated rings. The van der Waals surface area contributed by atoms with Gasteiger partial charge in [0.15, 0.2) is 0 Å². The average Bonchev–Trinajstić information content (AvgIpc) is 3.16. The first kappa shape index (κ1) is 17.4. The molecular weight excluding hydrogens is 308 g/mol. The van der Waals surface area contributed by atoms with Crippen LogP contribution in [0, 0.1) is 5.92 Å². The molecule has 138 valence electrons. The van der Waals surface area contributed by atoms with Crippen LogP contribution in [0.1, 0.15) is 56.1 Å². The molecule has 0 aromatic heterocycles. The molecule has 2 heterocycles. The lowest BCUT2D eigenvalue weighted by Crippen LogP contribution is -2.34. The maximum absolute atomic E-state index is 6.05. The SMILES string of the molecule is c1cc2c(cc1OCCN1CCCCC1)CCN(CC1CCCC1)C2. The quantitative estimate of drug-likeness (QED) is 0.774. The summed E-state index contributed by atoms with van der Waals surface area (Å²) >= 11 is 0. The fourth-order valence-corrected chi connectivity index (χ4v) is 4.87. The van der Waals surface area contributed by atoms with Crippen molar-refractivity contribution in [3.05, 3.63) is 29.3 Å². The van der Waals surface area contributed by atoms with Crippen LogP contribution < -0.4 is 4.74 Å². The maximum Gasteiger partial charge on any atom is 0.119 e. The Labute approximate surface area is 153 Å². The summed E-state index contributed by atoms with van der Waals surface area (Å²) in [5, 5.41) is 0. The fraction of sp³-hybridized carbons (Fsp3) is 0.727. The molecule has 0 N–H and O–H groups in total. The molecule has 0 bridgehead atoms. The Balaban J connectivity index is 1.26. The molecule has 0 amide bonds.